The van der Waals surface area contributed by atoms with Crippen molar-refractivity contribution >= 4 is 40.0 Å². The SMILES string of the molecule is C[C@H](NC(=O)Cn1ncc2cccnc2c1=O)c1ccc(Cl)c(Cl)c1. The average Bonchev–Trinajstić information content (AvgIpc) is 2.60. The van der Waals surface area contributed by atoms with Gasteiger partial charge < -0.3 is 5.32 Å². The van der Waals surface area contributed by atoms with E-state index < -0.39 is 5.56 Å². The Morgan fingerprint density at radius 2 is 2.08 bits per heavy atom. The number of aromatic nitrogens is 3. The van der Waals surface area contributed by atoms with Crippen LogP contribution in [0.5, 0.6) is 0 Å². The molecule has 0 unspecified atom stereocenters. The highest BCUT2D eigenvalue weighted by molar-refractivity contribution is 6.42. The van der Waals surface area contributed by atoms with Gasteiger partial charge in [-0.3, -0.25) is 14.6 Å². The molecule has 3 aromatic rings. The Balaban J connectivity index is 1.75. The van der Waals surface area contributed by atoms with E-state index in [-0.39, 0.29) is 24.0 Å². The first-order valence-corrected chi connectivity index (χ1v) is 8.26. The van der Waals surface area contributed by atoms with Crippen molar-refractivity contribution in [3.8, 4) is 0 Å². The standard InChI is InChI=1S/C17H14Cl2N4O2/c1-10(11-4-5-13(18)14(19)7-11)22-15(24)9-23-17(25)16-12(8-21-23)3-2-6-20-16/h2-8,10H,9H2,1H3,(H,22,24)/t10-/m0/s1. The molecule has 1 aromatic carbocycles. The second-order valence-corrected chi connectivity index (χ2v) is 6.33. The molecular formula is C17H14Cl2N4O2. The summed E-state index contributed by atoms with van der Waals surface area (Å²) < 4.78 is 1.09. The lowest BCUT2D eigenvalue weighted by Crippen LogP contribution is -2.35. The van der Waals surface area contributed by atoms with Crippen molar-refractivity contribution < 1.29 is 4.79 Å². The first-order chi connectivity index (χ1) is 12.0. The van der Waals surface area contributed by atoms with Crippen LogP contribution in [0.1, 0.15) is 18.5 Å². The summed E-state index contributed by atoms with van der Waals surface area (Å²) in [6.07, 6.45) is 3.04. The van der Waals surface area contributed by atoms with Crippen LogP contribution < -0.4 is 10.9 Å². The van der Waals surface area contributed by atoms with Crippen molar-refractivity contribution in [2.24, 2.45) is 0 Å². The lowest BCUT2D eigenvalue weighted by atomic mass is 10.1. The van der Waals surface area contributed by atoms with Crippen LogP contribution >= 0.6 is 23.2 Å². The molecule has 0 aliphatic rings. The van der Waals surface area contributed by atoms with Gasteiger partial charge in [0.05, 0.1) is 22.3 Å². The molecule has 0 aliphatic carbocycles. The van der Waals surface area contributed by atoms with Gasteiger partial charge in [0, 0.05) is 11.6 Å². The van der Waals surface area contributed by atoms with Crippen molar-refractivity contribution in [1.82, 2.24) is 20.1 Å². The molecule has 1 N–H and O–H groups in total. The lowest BCUT2D eigenvalue weighted by Gasteiger charge is -2.15. The average molecular weight is 377 g/mol. The van der Waals surface area contributed by atoms with E-state index in [1.807, 2.05) is 6.92 Å². The third-order valence-electron chi connectivity index (χ3n) is 3.73. The van der Waals surface area contributed by atoms with E-state index in [1.165, 1.54) is 12.4 Å². The summed E-state index contributed by atoms with van der Waals surface area (Å²) in [5.74, 6) is -0.344. The van der Waals surface area contributed by atoms with Crippen LogP contribution in [0.3, 0.4) is 0 Å². The maximum Gasteiger partial charge on any atom is 0.293 e. The number of carbonyl (C=O) groups excluding carboxylic acids is 1. The van der Waals surface area contributed by atoms with Gasteiger partial charge in [0.25, 0.3) is 5.56 Å². The van der Waals surface area contributed by atoms with Crippen LogP contribution in [0.15, 0.2) is 47.5 Å². The van der Waals surface area contributed by atoms with Gasteiger partial charge in [-0.05, 0) is 36.8 Å². The van der Waals surface area contributed by atoms with Crippen LogP contribution in [0.2, 0.25) is 10.0 Å². The molecule has 0 radical (unpaired) electrons. The van der Waals surface area contributed by atoms with Gasteiger partial charge >= 0.3 is 0 Å². The summed E-state index contributed by atoms with van der Waals surface area (Å²) in [6.45, 7) is 1.62. The number of halogens is 2. The highest BCUT2D eigenvalue weighted by Crippen LogP contribution is 2.25. The van der Waals surface area contributed by atoms with E-state index in [0.29, 0.717) is 15.4 Å². The maximum absolute atomic E-state index is 12.3. The number of rotatable bonds is 4. The predicted octanol–water partition coefficient (Wildman–Crippen LogP) is 2.98. The van der Waals surface area contributed by atoms with Gasteiger partial charge in [-0.15, -0.1) is 0 Å². The summed E-state index contributed by atoms with van der Waals surface area (Å²) in [7, 11) is 0. The zero-order valence-corrected chi connectivity index (χ0v) is 14.8. The summed E-state index contributed by atoms with van der Waals surface area (Å²) >= 11 is 11.9. The second kappa shape index (κ2) is 7.21. The molecule has 1 amide bonds. The van der Waals surface area contributed by atoms with E-state index in [4.69, 9.17) is 23.2 Å². The van der Waals surface area contributed by atoms with Crippen molar-refractivity contribution in [2.75, 3.05) is 0 Å². The van der Waals surface area contributed by atoms with Crippen LogP contribution in [0.4, 0.5) is 0 Å². The Labute approximate surface area is 153 Å². The molecule has 3 rings (SSSR count). The van der Waals surface area contributed by atoms with Gasteiger partial charge in [-0.1, -0.05) is 29.3 Å². The predicted molar refractivity (Wildman–Crippen MR) is 96.8 cm³/mol. The topological polar surface area (TPSA) is 76.9 Å². The molecule has 1 atom stereocenters. The van der Waals surface area contributed by atoms with Gasteiger partial charge in [-0.25, -0.2) is 4.68 Å². The number of amides is 1. The molecule has 0 spiro atoms. The monoisotopic (exact) mass is 376 g/mol. The Hall–Kier alpha value is -2.44. The fourth-order valence-electron chi connectivity index (χ4n) is 2.41. The Bertz CT molecular complexity index is 1000. The molecule has 0 fully saturated rings. The molecule has 0 saturated heterocycles. The first-order valence-electron chi connectivity index (χ1n) is 7.51. The summed E-state index contributed by atoms with van der Waals surface area (Å²) in [5.41, 5.74) is 0.682. The number of pyridine rings is 1. The molecule has 0 aliphatic heterocycles. The van der Waals surface area contributed by atoms with E-state index in [2.05, 4.69) is 15.4 Å². The minimum absolute atomic E-state index is 0.197. The number of carbonyl (C=O) groups is 1. The zero-order valence-electron chi connectivity index (χ0n) is 13.2. The number of benzene rings is 1. The Morgan fingerprint density at radius 3 is 2.84 bits per heavy atom. The molecule has 128 valence electrons. The fourth-order valence-corrected chi connectivity index (χ4v) is 2.71. The zero-order chi connectivity index (χ0) is 18.0. The van der Waals surface area contributed by atoms with Gasteiger partial charge in [0.15, 0.2) is 0 Å². The summed E-state index contributed by atoms with van der Waals surface area (Å²) in [5, 5.41) is 8.32. The molecular weight excluding hydrogens is 363 g/mol. The van der Waals surface area contributed by atoms with Crippen LogP contribution in [0.25, 0.3) is 10.9 Å². The van der Waals surface area contributed by atoms with E-state index in [0.717, 1.165) is 10.2 Å². The highest BCUT2D eigenvalue weighted by Gasteiger charge is 2.13. The third kappa shape index (κ3) is 3.81. The first kappa shape index (κ1) is 17.4. The number of hydrogen-bond donors (Lipinski definition) is 1. The van der Waals surface area contributed by atoms with Crippen molar-refractivity contribution in [2.45, 2.75) is 19.5 Å². The van der Waals surface area contributed by atoms with Gasteiger partial charge in [0.2, 0.25) is 5.91 Å². The van der Waals surface area contributed by atoms with Crippen LogP contribution in [-0.4, -0.2) is 20.7 Å². The quantitative estimate of drug-likeness (QED) is 0.759. The lowest BCUT2D eigenvalue weighted by molar-refractivity contribution is -0.122. The number of fused-ring (bicyclic) bond motifs is 1. The van der Waals surface area contributed by atoms with Gasteiger partial charge in [0.1, 0.15) is 12.1 Å². The minimum Gasteiger partial charge on any atom is -0.348 e. The molecule has 0 bridgehead atoms. The molecule has 25 heavy (non-hydrogen) atoms. The summed E-state index contributed by atoms with van der Waals surface area (Å²) in [6, 6.07) is 8.31. The van der Waals surface area contributed by atoms with E-state index in [1.54, 1.807) is 30.3 Å². The second-order valence-electron chi connectivity index (χ2n) is 5.51. The number of nitrogens with one attached hydrogen (secondary N) is 1. The fraction of sp³-hybridized carbons (Fsp3) is 0.176. The van der Waals surface area contributed by atoms with Crippen molar-refractivity contribution in [3.05, 3.63) is 68.7 Å². The molecule has 0 saturated carbocycles. The summed E-state index contributed by atoms with van der Waals surface area (Å²) in [4.78, 5) is 28.6. The maximum atomic E-state index is 12.3. The largest absolute Gasteiger partial charge is 0.348 e. The number of nitrogens with zero attached hydrogens (tertiary/aromatic N) is 3. The Kier molecular flexibility index (Phi) is 5.01. The molecule has 2 aromatic heterocycles. The van der Waals surface area contributed by atoms with Gasteiger partial charge in [-0.2, -0.15) is 5.10 Å². The smallest absolute Gasteiger partial charge is 0.293 e. The normalized spacial score (nSPS) is 12.1. The van der Waals surface area contributed by atoms with E-state index >= 15 is 0 Å². The van der Waals surface area contributed by atoms with Crippen molar-refractivity contribution in [1.29, 1.82) is 0 Å². The minimum atomic E-state index is -0.407. The molecule has 6 nitrogen and oxygen atoms in total. The van der Waals surface area contributed by atoms with E-state index in [9.17, 15) is 9.59 Å². The van der Waals surface area contributed by atoms with Crippen molar-refractivity contribution in [3.63, 3.8) is 0 Å². The molecule has 8 heteroatoms. The molecule has 2 heterocycles. The third-order valence-corrected chi connectivity index (χ3v) is 4.47. The number of hydrogen-bond acceptors (Lipinski definition) is 4. The van der Waals surface area contributed by atoms with Crippen LogP contribution in [-0.2, 0) is 11.3 Å². The van der Waals surface area contributed by atoms with Crippen LogP contribution in [0, 0.1) is 0 Å². The Morgan fingerprint density at radius 1 is 1.28 bits per heavy atom. The highest BCUT2D eigenvalue weighted by atomic mass is 35.5.